The zero-order valence-corrected chi connectivity index (χ0v) is 11.3. The molecule has 0 radical (unpaired) electrons. The van der Waals surface area contributed by atoms with E-state index in [1.54, 1.807) is 11.0 Å². The number of para-hydroxylation sites is 1. The predicted octanol–water partition coefficient (Wildman–Crippen LogP) is 1.95. The summed E-state index contributed by atoms with van der Waals surface area (Å²) < 4.78 is 0. The van der Waals surface area contributed by atoms with Gasteiger partial charge in [0.2, 0.25) is 0 Å². The van der Waals surface area contributed by atoms with E-state index < -0.39 is 5.54 Å². The summed E-state index contributed by atoms with van der Waals surface area (Å²) in [6, 6.07) is 7.31. The molecule has 2 amide bonds. The minimum Gasteiger partial charge on any atom is -0.338 e. The van der Waals surface area contributed by atoms with Crippen LogP contribution >= 0.6 is 0 Å². The molecule has 0 spiro atoms. The fourth-order valence-electron chi connectivity index (χ4n) is 2.90. The molecule has 0 aromatic heterocycles. The lowest BCUT2D eigenvalue weighted by Gasteiger charge is -2.32. The molecule has 3 rings (SSSR count). The van der Waals surface area contributed by atoms with Crippen molar-refractivity contribution in [3.8, 4) is 0 Å². The second-order valence-electron chi connectivity index (χ2n) is 5.50. The summed E-state index contributed by atoms with van der Waals surface area (Å²) in [5.74, 6) is 0.136. The van der Waals surface area contributed by atoms with Crippen molar-refractivity contribution in [3.05, 3.63) is 29.8 Å². The first-order valence-electron chi connectivity index (χ1n) is 6.81. The summed E-state index contributed by atoms with van der Waals surface area (Å²) in [6.45, 7) is 4.38. The number of nitrogens with one attached hydrogen (secondary N) is 1. The number of hydrogen-bond donors (Lipinski definition) is 1. The molecule has 100 valence electrons. The average Bonchev–Trinajstić information content (AvgIpc) is 3.23. The maximum absolute atomic E-state index is 12.8. The third-order valence-corrected chi connectivity index (χ3v) is 4.21. The first-order chi connectivity index (χ1) is 9.08. The molecule has 1 saturated carbocycles. The Kier molecular flexibility index (Phi) is 2.62. The Labute approximate surface area is 112 Å². The summed E-state index contributed by atoms with van der Waals surface area (Å²) in [7, 11) is 0. The van der Waals surface area contributed by atoms with Gasteiger partial charge in [0.25, 0.3) is 11.8 Å². The normalized spacial score (nSPS) is 26.7. The lowest BCUT2D eigenvalue weighted by atomic mass is 9.94. The molecule has 4 heteroatoms. The van der Waals surface area contributed by atoms with Crippen molar-refractivity contribution in [2.24, 2.45) is 5.92 Å². The number of fused-ring (bicyclic) bond motifs is 1. The van der Waals surface area contributed by atoms with Crippen LogP contribution in [-0.2, 0) is 4.79 Å². The summed E-state index contributed by atoms with van der Waals surface area (Å²) in [5, 5.41) is 2.96. The van der Waals surface area contributed by atoms with Gasteiger partial charge in [-0.3, -0.25) is 9.59 Å². The molecule has 4 nitrogen and oxygen atoms in total. The number of anilines is 1. The van der Waals surface area contributed by atoms with Crippen molar-refractivity contribution in [3.63, 3.8) is 0 Å². The van der Waals surface area contributed by atoms with Crippen LogP contribution in [0.25, 0.3) is 0 Å². The number of carbonyl (C=O) groups is 2. The molecule has 1 unspecified atom stereocenters. The summed E-state index contributed by atoms with van der Waals surface area (Å²) in [4.78, 5) is 26.9. The molecular formula is C15H18N2O2. The van der Waals surface area contributed by atoms with Crippen LogP contribution in [0.4, 0.5) is 5.69 Å². The lowest BCUT2D eigenvalue weighted by molar-refractivity contribution is -0.124. The molecule has 0 bridgehead atoms. The Hall–Kier alpha value is -1.84. The number of hydrogen-bond acceptors (Lipinski definition) is 2. The van der Waals surface area contributed by atoms with Gasteiger partial charge < -0.3 is 10.2 Å². The van der Waals surface area contributed by atoms with Gasteiger partial charge in [0.1, 0.15) is 5.54 Å². The third kappa shape index (κ3) is 1.74. The van der Waals surface area contributed by atoms with E-state index in [0.29, 0.717) is 12.1 Å². The largest absolute Gasteiger partial charge is 0.338 e. The number of amides is 2. The van der Waals surface area contributed by atoms with Crippen molar-refractivity contribution in [2.75, 3.05) is 11.4 Å². The second-order valence-corrected chi connectivity index (χ2v) is 5.50. The Morgan fingerprint density at radius 3 is 2.63 bits per heavy atom. The number of rotatable bonds is 2. The van der Waals surface area contributed by atoms with Gasteiger partial charge in [-0.05, 0) is 44.7 Å². The van der Waals surface area contributed by atoms with Crippen LogP contribution in [0.2, 0.25) is 0 Å². The van der Waals surface area contributed by atoms with Gasteiger partial charge >= 0.3 is 0 Å². The van der Waals surface area contributed by atoms with Gasteiger partial charge in [0.15, 0.2) is 0 Å². The quantitative estimate of drug-likeness (QED) is 0.881. The molecule has 1 aromatic carbocycles. The molecule has 1 aromatic rings. The maximum Gasteiger partial charge on any atom is 0.254 e. The zero-order chi connectivity index (χ0) is 13.6. The van der Waals surface area contributed by atoms with Crippen LogP contribution in [0.15, 0.2) is 24.3 Å². The number of benzene rings is 1. The maximum atomic E-state index is 12.8. The highest BCUT2D eigenvalue weighted by Gasteiger charge is 2.51. The van der Waals surface area contributed by atoms with Crippen molar-refractivity contribution in [1.29, 1.82) is 0 Å². The number of nitrogens with zero attached hydrogens (tertiary/aromatic N) is 1. The number of carbonyl (C=O) groups excluding carboxylic acids is 2. The Balaban J connectivity index is 2.13. The fraction of sp³-hybridized carbons (Fsp3) is 0.467. The van der Waals surface area contributed by atoms with Crippen LogP contribution in [0, 0.1) is 5.92 Å². The van der Waals surface area contributed by atoms with E-state index in [2.05, 4.69) is 5.32 Å². The Bertz CT molecular complexity index is 551. The first kappa shape index (κ1) is 12.2. The molecule has 1 aliphatic heterocycles. The number of likely N-dealkylation sites (N-methyl/N-ethyl adjacent to an activating group) is 1. The fourth-order valence-corrected chi connectivity index (χ4v) is 2.90. The molecule has 1 aliphatic carbocycles. The van der Waals surface area contributed by atoms with Gasteiger partial charge in [-0.15, -0.1) is 0 Å². The van der Waals surface area contributed by atoms with E-state index in [-0.39, 0.29) is 17.7 Å². The molecule has 1 fully saturated rings. The molecule has 19 heavy (non-hydrogen) atoms. The standard InChI is InChI=1S/C15H18N2O2/c1-3-17-12-7-5-4-6-11(12)13(18)16-15(2,14(17)19)10-8-9-10/h4-7,10H,3,8-9H2,1-2H3,(H,16,18). The molecule has 1 heterocycles. The second kappa shape index (κ2) is 4.08. The summed E-state index contributed by atoms with van der Waals surface area (Å²) in [6.07, 6.45) is 2.02. The molecular weight excluding hydrogens is 240 g/mol. The zero-order valence-electron chi connectivity index (χ0n) is 11.3. The van der Waals surface area contributed by atoms with Gasteiger partial charge in [-0.25, -0.2) is 0 Å². The van der Waals surface area contributed by atoms with Crippen molar-refractivity contribution in [1.82, 2.24) is 5.32 Å². The monoisotopic (exact) mass is 258 g/mol. The highest BCUT2D eigenvalue weighted by Crippen LogP contribution is 2.42. The van der Waals surface area contributed by atoms with Crippen LogP contribution in [0.3, 0.4) is 0 Å². The van der Waals surface area contributed by atoms with E-state index in [9.17, 15) is 9.59 Å². The Morgan fingerprint density at radius 1 is 1.32 bits per heavy atom. The minimum atomic E-state index is -0.758. The molecule has 2 aliphatic rings. The van der Waals surface area contributed by atoms with E-state index in [4.69, 9.17) is 0 Å². The molecule has 0 saturated heterocycles. The van der Waals surface area contributed by atoms with Gasteiger partial charge in [0.05, 0.1) is 11.3 Å². The minimum absolute atomic E-state index is 0.0100. The van der Waals surface area contributed by atoms with E-state index in [1.165, 1.54) is 0 Å². The van der Waals surface area contributed by atoms with Crippen molar-refractivity contribution in [2.45, 2.75) is 32.2 Å². The summed E-state index contributed by atoms with van der Waals surface area (Å²) >= 11 is 0. The topological polar surface area (TPSA) is 49.4 Å². The predicted molar refractivity (Wildman–Crippen MR) is 73.1 cm³/mol. The smallest absolute Gasteiger partial charge is 0.254 e. The van der Waals surface area contributed by atoms with Gasteiger partial charge in [-0.1, -0.05) is 12.1 Å². The molecule has 1 N–H and O–H groups in total. The Morgan fingerprint density at radius 2 is 2.00 bits per heavy atom. The lowest BCUT2D eigenvalue weighted by Crippen LogP contribution is -2.57. The van der Waals surface area contributed by atoms with Gasteiger partial charge in [0, 0.05) is 6.54 Å². The highest BCUT2D eigenvalue weighted by atomic mass is 16.2. The third-order valence-electron chi connectivity index (χ3n) is 4.21. The van der Waals surface area contributed by atoms with Crippen LogP contribution in [0.1, 0.15) is 37.0 Å². The van der Waals surface area contributed by atoms with Crippen LogP contribution in [0.5, 0.6) is 0 Å². The summed E-state index contributed by atoms with van der Waals surface area (Å²) in [5.41, 5.74) is 0.547. The SMILES string of the molecule is CCN1C(=O)C(C)(C2CC2)NC(=O)c2ccccc21. The highest BCUT2D eigenvalue weighted by molar-refractivity contribution is 6.12. The van der Waals surface area contributed by atoms with Gasteiger partial charge in [-0.2, -0.15) is 0 Å². The van der Waals surface area contributed by atoms with E-state index >= 15 is 0 Å². The van der Waals surface area contributed by atoms with E-state index in [1.807, 2.05) is 32.0 Å². The molecule has 1 atom stereocenters. The first-order valence-corrected chi connectivity index (χ1v) is 6.81. The van der Waals surface area contributed by atoms with Crippen molar-refractivity contribution >= 4 is 17.5 Å². The average molecular weight is 258 g/mol. The van der Waals surface area contributed by atoms with Crippen LogP contribution < -0.4 is 10.2 Å². The van der Waals surface area contributed by atoms with Crippen LogP contribution in [-0.4, -0.2) is 23.9 Å². The van der Waals surface area contributed by atoms with E-state index in [0.717, 1.165) is 18.5 Å². The van der Waals surface area contributed by atoms with Crippen molar-refractivity contribution < 1.29 is 9.59 Å².